The highest BCUT2D eigenvalue weighted by atomic mass is 32.3. The summed E-state index contributed by atoms with van der Waals surface area (Å²) < 4.78 is 161. The maximum Gasteiger partial charge on any atom is 0.467 e. The molecule has 3 N–H and O–H groups in total. The molecule has 0 saturated heterocycles. The van der Waals surface area contributed by atoms with Crippen LogP contribution in [0.2, 0.25) is 0 Å². The zero-order valence-electron chi connectivity index (χ0n) is 19.6. The summed E-state index contributed by atoms with van der Waals surface area (Å²) in [6.45, 7) is 3.41. The summed E-state index contributed by atoms with van der Waals surface area (Å²) in [5, 5.41) is -14.0. The van der Waals surface area contributed by atoms with E-state index in [-0.39, 0.29) is 0 Å². The molecule has 0 saturated carbocycles. The minimum absolute atomic E-state index is 0.422. The van der Waals surface area contributed by atoms with Crippen LogP contribution in [0.15, 0.2) is 0 Å². The summed E-state index contributed by atoms with van der Waals surface area (Å²) in [6, 6.07) is 0. The molecular weight excluding hydrogens is 562 g/mol. The van der Waals surface area contributed by atoms with Gasteiger partial charge in [-0.2, -0.15) is 43.9 Å². The summed E-state index contributed by atoms with van der Waals surface area (Å²) in [6.07, 6.45) is 3.22. The fraction of sp³-hybridized carbons (Fsp3) is 1.00. The number of unbranched alkanes of at least 4 members (excludes halogenated alkanes) is 11. The Morgan fingerprint density at radius 2 is 0.778 bits per heavy atom. The number of alkyl halides is 10. The molecule has 0 aromatic heterocycles. The van der Waals surface area contributed by atoms with Crippen molar-refractivity contribution >= 4 is 20.0 Å². The zero-order valence-corrected chi connectivity index (χ0v) is 21.2. The highest BCUT2D eigenvalue weighted by molar-refractivity contribution is 8.13. The van der Waals surface area contributed by atoms with E-state index in [1.807, 2.05) is 0 Å². The molecule has 6 nitrogen and oxygen atoms in total. The lowest BCUT2D eigenvalue weighted by molar-refractivity contribution is -0.368. The molecule has 36 heavy (non-hydrogen) atoms. The van der Waals surface area contributed by atoms with Crippen LogP contribution in [0.25, 0.3) is 4.13 Å². The molecule has 0 spiro atoms. The minimum Gasteiger partial charge on any atom is -0.425 e. The van der Waals surface area contributed by atoms with Gasteiger partial charge in [-0.15, -0.1) is 0 Å². The standard InChI is InChI=1S/C14H31N.C4F10NO4S2/c1-2-3-4-5-6-7-8-9-10-11-12-13-14-15;5-1(6,7)3(11,12)20(16,17)15-21(18,19)4(13,14)2(8,9)10/h2-15H2,1H3;/q;-1/p+1. The van der Waals surface area contributed by atoms with Crippen LogP contribution in [0.1, 0.15) is 84.0 Å². The van der Waals surface area contributed by atoms with E-state index < -0.39 is 42.9 Å². The van der Waals surface area contributed by atoms with E-state index in [1.165, 1.54) is 77.0 Å². The molecule has 0 aliphatic carbocycles. The van der Waals surface area contributed by atoms with Gasteiger partial charge in [0.25, 0.3) is 0 Å². The number of quaternary nitrogens is 1. The normalized spacial score (nSPS) is 13.9. The van der Waals surface area contributed by atoms with E-state index in [1.54, 1.807) is 0 Å². The molecular formula is C18H32F10N2O4S2. The monoisotopic (exact) mass is 594 g/mol. The van der Waals surface area contributed by atoms with Crippen molar-refractivity contribution in [3.05, 3.63) is 4.13 Å². The number of rotatable bonds is 16. The van der Waals surface area contributed by atoms with Crippen LogP contribution in [0.4, 0.5) is 43.9 Å². The third kappa shape index (κ3) is 12.1. The summed E-state index contributed by atoms with van der Waals surface area (Å²) in [7, 11) is -15.2. The van der Waals surface area contributed by atoms with Gasteiger partial charge in [-0.05, 0) is 12.8 Å². The Kier molecular flexibility index (Phi) is 16.1. The maximum absolute atomic E-state index is 12.3. The first kappa shape index (κ1) is 37.3. The number of hydrogen-bond acceptors (Lipinski definition) is 4. The lowest BCUT2D eigenvalue weighted by Gasteiger charge is -2.31. The second kappa shape index (κ2) is 15.5. The predicted octanol–water partition coefficient (Wildman–Crippen LogP) is 6.26. The number of nitrogens with zero attached hydrogens (tertiary/aromatic N) is 1. The van der Waals surface area contributed by atoms with Crippen molar-refractivity contribution in [2.24, 2.45) is 0 Å². The first-order valence-electron chi connectivity index (χ1n) is 11.0. The van der Waals surface area contributed by atoms with Gasteiger partial charge in [0.05, 0.1) is 6.54 Å². The Bertz CT molecular complexity index is 749. The van der Waals surface area contributed by atoms with E-state index >= 15 is 0 Å². The van der Waals surface area contributed by atoms with Crippen LogP contribution in [-0.4, -0.2) is 46.2 Å². The van der Waals surface area contributed by atoms with Crippen molar-refractivity contribution in [1.29, 1.82) is 0 Å². The third-order valence-electron chi connectivity index (χ3n) is 4.61. The molecule has 0 aliphatic rings. The van der Waals surface area contributed by atoms with Crippen LogP contribution in [0.5, 0.6) is 0 Å². The van der Waals surface area contributed by atoms with Crippen LogP contribution < -0.4 is 5.73 Å². The van der Waals surface area contributed by atoms with Gasteiger partial charge in [-0.3, -0.25) is 0 Å². The van der Waals surface area contributed by atoms with Crippen molar-refractivity contribution in [3.63, 3.8) is 0 Å². The molecule has 0 aromatic rings. The van der Waals surface area contributed by atoms with Crippen molar-refractivity contribution in [2.45, 2.75) is 107 Å². The Morgan fingerprint density at radius 1 is 0.528 bits per heavy atom. The number of sulfonamides is 2. The van der Waals surface area contributed by atoms with E-state index in [2.05, 4.69) is 12.7 Å². The van der Waals surface area contributed by atoms with Gasteiger partial charge in [0.2, 0.25) is 0 Å². The second-order valence-electron chi connectivity index (χ2n) is 7.80. The first-order chi connectivity index (χ1) is 16.1. The summed E-state index contributed by atoms with van der Waals surface area (Å²) in [5.41, 5.74) is 3.87. The van der Waals surface area contributed by atoms with E-state index in [9.17, 15) is 60.7 Å². The topological polar surface area (TPSA) is 110 Å². The van der Waals surface area contributed by atoms with Gasteiger partial charge in [0, 0.05) is 0 Å². The molecule has 0 aliphatic heterocycles. The van der Waals surface area contributed by atoms with Gasteiger partial charge < -0.3 is 9.86 Å². The molecule has 18 heteroatoms. The largest absolute Gasteiger partial charge is 0.467 e. The van der Waals surface area contributed by atoms with Gasteiger partial charge in [0.15, 0.2) is 20.0 Å². The fourth-order valence-electron chi connectivity index (χ4n) is 2.53. The Hall–Kier alpha value is -0.880. The SMILES string of the molecule is CCCCCCCCCCCCCC[NH3+].O=S(=O)([N-]S(=O)(=O)C(F)(F)C(F)(F)F)C(F)(F)C(F)(F)F. The molecule has 0 heterocycles. The second-order valence-corrected chi connectivity index (χ2v) is 11.3. The quantitative estimate of drug-likeness (QED) is 0.168. The highest BCUT2D eigenvalue weighted by Gasteiger charge is 2.68. The number of hydrogen-bond donors (Lipinski definition) is 1. The van der Waals surface area contributed by atoms with E-state index in [4.69, 9.17) is 0 Å². The average Bonchev–Trinajstić information content (AvgIpc) is 2.70. The highest BCUT2D eigenvalue weighted by Crippen LogP contribution is 2.47. The van der Waals surface area contributed by atoms with E-state index in [0.717, 1.165) is 6.54 Å². The van der Waals surface area contributed by atoms with Crippen LogP contribution >= 0.6 is 0 Å². The van der Waals surface area contributed by atoms with Gasteiger partial charge in [0.1, 0.15) is 0 Å². The van der Waals surface area contributed by atoms with Crippen molar-refractivity contribution in [2.75, 3.05) is 6.54 Å². The Morgan fingerprint density at radius 3 is 1.00 bits per heavy atom. The van der Waals surface area contributed by atoms with E-state index in [0.29, 0.717) is 4.13 Å². The molecule has 220 valence electrons. The van der Waals surface area contributed by atoms with Crippen LogP contribution in [0, 0.1) is 0 Å². The average molecular weight is 595 g/mol. The maximum atomic E-state index is 12.3. The summed E-state index contributed by atoms with van der Waals surface area (Å²) in [4.78, 5) is 0. The Labute approximate surface area is 204 Å². The van der Waals surface area contributed by atoms with Crippen molar-refractivity contribution < 1.29 is 66.5 Å². The third-order valence-corrected chi connectivity index (χ3v) is 7.94. The minimum atomic E-state index is -7.62. The first-order valence-corrected chi connectivity index (χ1v) is 13.9. The fourth-order valence-corrected chi connectivity index (χ4v) is 4.90. The summed E-state index contributed by atoms with van der Waals surface area (Å²) >= 11 is 0. The summed E-state index contributed by atoms with van der Waals surface area (Å²) in [5.74, 6) is 0. The molecule has 0 aromatic carbocycles. The van der Waals surface area contributed by atoms with Crippen LogP contribution in [0.3, 0.4) is 0 Å². The predicted molar refractivity (Wildman–Crippen MR) is 112 cm³/mol. The Balaban J connectivity index is 0. The molecule has 0 amide bonds. The molecule has 0 rings (SSSR count). The smallest absolute Gasteiger partial charge is 0.425 e. The number of halogens is 10. The molecule has 0 unspecified atom stereocenters. The van der Waals surface area contributed by atoms with Crippen LogP contribution in [-0.2, 0) is 20.0 Å². The lowest BCUT2D eigenvalue weighted by Crippen LogP contribution is -2.50. The van der Waals surface area contributed by atoms with Gasteiger partial charge in [-0.25, -0.2) is 16.8 Å². The van der Waals surface area contributed by atoms with Crippen molar-refractivity contribution in [3.8, 4) is 0 Å². The zero-order chi connectivity index (χ0) is 28.9. The molecule has 0 fully saturated rings. The molecule has 0 radical (unpaired) electrons. The van der Waals surface area contributed by atoms with Crippen molar-refractivity contribution in [1.82, 2.24) is 0 Å². The molecule has 0 atom stereocenters. The van der Waals surface area contributed by atoms with Gasteiger partial charge in [-0.1, -0.05) is 71.1 Å². The molecule has 0 bridgehead atoms. The van der Waals surface area contributed by atoms with Gasteiger partial charge >= 0.3 is 22.9 Å². The lowest BCUT2D eigenvalue weighted by atomic mass is 10.1.